The molecule has 5 rings (SSSR count). The van der Waals surface area contributed by atoms with E-state index in [1.807, 2.05) is 6.07 Å². The van der Waals surface area contributed by atoms with Gasteiger partial charge in [0.15, 0.2) is 6.04 Å². The summed E-state index contributed by atoms with van der Waals surface area (Å²) in [5.41, 5.74) is 1.17. The Labute approximate surface area is 213 Å². The van der Waals surface area contributed by atoms with E-state index in [4.69, 9.17) is 11.6 Å². The van der Waals surface area contributed by atoms with Crippen molar-refractivity contribution >= 4 is 40.4 Å². The molecule has 3 N–H and O–H groups in total. The van der Waals surface area contributed by atoms with Gasteiger partial charge in [0.25, 0.3) is 5.91 Å². The largest absolute Gasteiger partial charge is 0.410 e. The van der Waals surface area contributed by atoms with E-state index in [9.17, 15) is 23.1 Å². The van der Waals surface area contributed by atoms with Gasteiger partial charge < -0.3 is 15.7 Å². The van der Waals surface area contributed by atoms with E-state index in [0.29, 0.717) is 16.1 Å². The number of hydrogen-bond acceptors (Lipinski definition) is 5. The fourth-order valence-electron chi connectivity index (χ4n) is 4.28. The number of halogens is 4. The third-order valence-electron chi connectivity index (χ3n) is 6.04. The average Bonchev–Trinajstić information content (AvgIpc) is 3.54. The molecule has 0 bridgehead atoms. The summed E-state index contributed by atoms with van der Waals surface area (Å²) in [7, 11) is 0. The first-order valence-corrected chi connectivity index (χ1v) is 12.3. The number of nitrogens with zero attached hydrogens (tertiary/aromatic N) is 2. The Balaban J connectivity index is 1.48. The highest BCUT2D eigenvalue weighted by Crippen LogP contribution is 2.45. The molecular weight excluding hydrogens is 513 g/mol. The van der Waals surface area contributed by atoms with Crippen molar-refractivity contribution in [2.45, 2.75) is 30.8 Å². The van der Waals surface area contributed by atoms with Crippen LogP contribution in [0, 0.1) is 0 Å². The molecule has 4 aromatic rings. The molecule has 2 aromatic heterocycles. The number of aliphatic hydroxyl groups excluding tert-OH is 1. The van der Waals surface area contributed by atoms with Gasteiger partial charge in [-0.05, 0) is 35.2 Å². The first-order valence-electron chi connectivity index (χ1n) is 11.0. The van der Waals surface area contributed by atoms with Crippen LogP contribution in [0.5, 0.6) is 0 Å². The lowest BCUT2D eigenvalue weighted by molar-refractivity contribution is -0.173. The number of benzene rings is 2. The molecule has 2 aromatic carbocycles. The third kappa shape index (κ3) is 4.71. The summed E-state index contributed by atoms with van der Waals surface area (Å²) < 4.78 is 42.5. The van der Waals surface area contributed by atoms with Gasteiger partial charge in [0.1, 0.15) is 17.5 Å². The van der Waals surface area contributed by atoms with E-state index in [-0.39, 0.29) is 23.5 Å². The molecule has 0 saturated carbocycles. The lowest BCUT2D eigenvalue weighted by Crippen LogP contribution is -2.36. The van der Waals surface area contributed by atoms with Crippen LogP contribution in [-0.4, -0.2) is 27.0 Å². The predicted molar refractivity (Wildman–Crippen MR) is 133 cm³/mol. The zero-order valence-corrected chi connectivity index (χ0v) is 20.1. The predicted octanol–water partition coefficient (Wildman–Crippen LogP) is 6.59. The monoisotopic (exact) mass is 532 g/mol. The van der Waals surface area contributed by atoms with Gasteiger partial charge in [-0.3, -0.25) is 4.79 Å². The number of carbonyl (C=O) groups excluding carboxylic acids is 1. The average molecular weight is 533 g/mol. The summed E-state index contributed by atoms with van der Waals surface area (Å²) in [5.74, 6) is -0.682. The summed E-state index contributed by atoms with van der Waals surface area (Å²) in [6, 6.07) is 14.5. The number of anilines is 2. The molecule has 36 heavy (non-hydrogen) atoms. The number of carbonyl (C=O) groups is 1. The molecule has 0 fully saturated rings. The maximum atomic E-state index is 13.9. The van der Waals surface area contributed by atoms with Gasteiger partial charge in [-0.15, -0.1) is 11.3 Å². The van der Waals surface area contributed by atoms with Gasteiger partial charge in [-0.1, -0.05) is 48.0 Å². The second kappa shape index (κ2) is 9.61. The molecule has 1 aliphatic rings. The minimum absolute atomic E-state index is 0.0152. The fourth-order valence-corrected chi connectivity index (χ4v) is 5.25. The van der Waals surface area contributed by atoms with Gasteiger partial charge in [0.05, 0.1) is 12.2 Å². The Morgan fingerprint density at radius 1 is 1.19 bits per heavy atom. The second-order valence-electron chi connectivity index (χ2n) is 8.36. The minimum atomic E-state index is -4.55. The molecule has 3 heterocycles. The highest BCUT2D eigenvalue weighted by molar-refractivity contribution is 7.10. The van der Waals surface area contributed by atoms with Crippen molar-refractivity contribution in [3.8, 4) is 0 Å². The molecule has 0 radical (unpaired) electrons. The molecule has 186 valence electrons. The van der Waals surface area contributed by atoms with Crippen molar-refractivity contribution in [2.24, 2.45) is 0 Å². The lowest BCUT2D eigenvalue weighted by atomic mass is 9.99. The Hall–Kier alpha value is -3.34. The van der Waals surface area contributed by atoms with Crippen LogP contribution in [-0.2, 0) is 0 Å². The van der Waals surface area contributed by atoms with Gasteiger partial charge >= 0.3 is 6.18 Å². The quantitative estimate of drug-likeness (QED) is 0.271. The van der Waals surface area contributed by atoms with Crippen LogP contribution in [0.1, 0.15) is 51.0 Å². The van der Waals surface area contributed by atoms with Crippen LogP contribution in [0.2, 0.25) is 5.02 Å². The summed E-state index contributed by atoms with van der Waals surface area (Å²) in [4.78, 5) is 14.0. The summed E-state index contributed by atoms with van der Waals surface area (Å²) in [6.45, 7) is 0. The normalized spacial score (nSPS) is 18.2. The Morgan fingerprint density at radius 3 is 2.67 bits per heavy atom. The summed E-state index contributed by atoms with van der Waals surface area (Å²) >= 11 is 7.49. The molecule has 1 amide bonds. The third-order valence-corrected chi connectivity index (χ3v) is 7.26. The first-order chi connectivity index (χ1) is 17.2. The van der Waals surface area contributed by atoms with Crippen molar-refractivity contribution in [1.82, 2.24) is 9.78 Å². The smallest absolute Gasteiger partial charge is 0.384 e. The van der Waals surface area contributed by atoms with Crippen LogP contribution >= 0.6 is 22.9 Å². The van der Waals surface area contributed by atoms with Crippen LogP contribution < -0.4 is 10.6 Å². The van der Waals surface area contributed by atoms with Gasteiger partial charge in [0.2, 0.25) is 0 Å². The zero-order valence-electron chi connectivity index (χ0n) is 18.5. The number of thiophene rings is 1. The van der Waals surface area contributed by atoms with Crippen molar-refractivity contribution in [1.29, 1.82) is 0 Å². The number of aliphatic hydroxyl groups is 1. The first kappa shape index (κ1) is 24.4. The molecule has 0 saturated heterocycles. The van der Waals surface area contributed by atoms with Gasteiger partial charge in [0, 0.05) is 27.6 Å². The zero-order chi connectivity index (χ0) is 25.4. The van der Waals surface area contributed by atoms with E-state index < -0.39 is 30.3 Å². The number of fused-ring (bicyclic) bond motifs is 1. The number of nitrogens with one attached hydrogen (secondary N) is 2. The maximum Gasteiger partial charge on any atom is 0.410 e. The van der Waals surface area contributed by atoms with Crippen molar-refractivity contribution < 1.29 is 23.1 Å². The van der Waals surface area contributed by atoms with Crippen molar-refractivity contribution in [3.63, 3.8) is 0 Å². The van der Waals surface area contributed by atoms with E-state index in [0.717, 1.165) is 15.8 Å². The minimum Gasteiger partial charge on any atom is -0.384 e. The number of rotatable bonds is 5. The maximum absolute atomic E-state index is 13.9. The lowest BCUT2D eigenvalue weighted by Gasteiger charge is -2.33. The summed E-state index contributed by atoms with van der Waals surface area (Å²) in [6.07, 6.45) is -4.76. The van der Waals surface area contributed by atoms with Crippen molar-refractivity contribution in [3.05, 3.63) is 98.8 Å². The van der Waals surface area contributed by atoms with E-state index in [1.165, 1.54) is 23.5 Å². The molecule has 0 spiro atoms. The number of amides is 1. The molecule has 0 unspecified atom stereocenters. The van der Waals surface area contributed by atoms with Crippen LogP contribution in [0.25, 0.3) is 0 Å². The Morgan fingerprint density at radius 2 is 1.97 bits per heavy atom. The molecular formula is C25H20ClF3N4O2S. The SMILES string of the molecule is O=C(Nc1ccc(Cl)cc1[C@H](O)c1ccccc1)c1cnn2c1N[C@H](c1cccs1)C[C@H]2C(F)(F)F. The number of hydrogen-bond donors (Lipinski definition) is 3. The van der Waals surface area contributed by atoms with E-state index >= 15 is 0 Å². The highest BCUT2D eigenvalue weighted by Gasteiger charge is 2.47. The highest BCUT2D eigenvalue weighted by atomic mass is 35.5. The van der Waals surface area contributed by atoms with E-state index in [1.54, 1.807) is 47.8 Å². The molecule has 6 nitrogen and oxygen atoms in total. The number of alkyl halides is 3. The molecule has 3 atom stereocenters. The number of aromatic nitrogens is 2. The van der Waals surface area contributed by atoms with Crippen LogP contribution in [0.3, 0.4) is 0 Å². The Kier molecular flexibility index (Phi) is 6.50. The van der Waals surface area contributed by atoms with Crippen LogP contribution in [0.4, 0.5) is 24.7 Å². The fraction of sp³-hybridized carbons (Fsp3) is 0.200. The summed E-state index contributed by atoms with van der Waals surface area (Å²) in [5, 5.41) is 22.8. The molecule has 0 aliphatic carbocycles. The van der Waals surface area contributed by atoms with Crippen LogP contribution in [0.15, 0.2) is 72.2 Å². The Bertz CT molecular complexity index is 1380. The topological polar surface area (TPSA) is 79.2 Å². The second-order valence-corrected chi connectivity index (χ2v) is 9.77. The van der Waals surface area contributed by atoms with E-state index in [2.05, 4.69) is 15.7 Å². The molecule has 11 heteroatoms. The van der Waals surface area contributed by atoms with Gasteiger partial charge in [-0.2, -0.15) is 18.3 Å². The van der Waals surface area contributed by atoms with Gasteiger partial charge in [-0.25, -0.2) is 4.68 Å². The standard InChI is InChI=1S/C25H20ClF3N4O2S/c26-15-8-9-18(16(11-15)22(34)14-5-2-1-3-6-14)32-24(35)17-13-30-33-21(25(27,28)29)12-19(31-23(17)33)20-7-4-10-36-20/h1-11,13,19,21-22,31,34H,12H2,(H,32,35)/t19-,21-,22+/m0/s1. The van der Waals surface area contributed by atoms with Crippen molar-refractivity contribution in [2.75, 3.05) is 10.6 Å². The molecule has 1 aliphatic heterocycles.